The molecule has 0 spiro atoms. The second-order valence-electron chi connectivity index (χ2n) is 5.91. The van der Waals surface area contributed by atoms with Crippen molar-refractivity contribution in [2.45, 2.75) is 0 Å². The Kier molecular flexibility index (Phi) is 3.07. The first kappa shape index (κ1) is 13.9. The van der Waals surface area contributed by atoms with E-state index >= 15 is 0 Å². The Morgan fingerprint density at radius 2 is 1.24 bits per heavy atom. The van der Waals surface area contributed by atoms with Gasteiger partial charge < -0.3 is 0 Å². The molecule has 0 saturated heterocycles. The van der Waals surface area contributed by atoms with Crippen molar-refractivity contribution in [3.05, 3.63) is 85.1 Å². The molecule has 4 nitrogen and oxygen atoms in total. The predicted octanol–water partition coefficient (Wildman–Crippen LogP) is 4.64. The van der Waals surface area contributed by atoms with E-state index in [1.807, 2.05) is 77.6 Å². The van der Waals surface area contributed by atoms with E-state index in [2.05, 4.69) is 22.4 Å². The van der Waals surface area contributed by atoms with Crippen molar-refractivity contribution in [1.82, 2.24) is 20.0 Å². The van der Waals surface area contributed by atoms with Gasteiger partial charge in [0.1, 0.15) is 5.69 Å². The fourth-order valence-electron chi connectivity index (χ4n) is 3.18. The molecule has 0 saturated carbocycles. The maximum atomic E-state index is 4.77. The maximum Gasteiger partial charge on any atom is 0.113 e. The highest BCUT2D eigenvalue weighted by atomic mass is 15.4. The van der Waals surface area contributed by atoms with Crippen LogP contribution < -0.4 is 0 Å². The zero-order valence-electron chi connectivity index (χ0n) is 13.4. The quantitative estimate of drug-likeness (QED) is 0.445. The third kappa shape index (κ3) is 2.27. The molecule has 0 N–H and O–H groups in total. The molecule has 0 bridgehead atoms. The molecule has 0 amide bonds. The molecular weight excluding hydrogens is 308 g/mol. The molecule has 118 valence electrons. The summed E-state index contributed by atoms with van der Waals surface area (Å²) in [6, 6.07) is 26.4. The second-order valence-corrected chi connectivity index (χ2v) is 5.91. The molecule has 2 heterocycles. The largest absolute Gasteiger partial charge is 0.248 e. The smallest absolute Gasteiger partial charge is 0.113 e. The standard InChI is InChI=1S/C21H14N4/c1-2-8-15(9-3-1)20-14-25(24-23-20)21-16-10-4-6-12-18(16)22-19-13-7-5-11-17(19)21/h1-14H. The van der Waals surface area contributed by atoms with Crippen molar-refractivity contribution < 1.29 is 0 Å². The minimum Gasteiger partial charge on any atom is -0.248 e. The minimum atomic E-state index is 0.852. The Labute approximate surface area is 144 Å². The van der Waals surface area contributed by atoms with Crippen LogP contribution >= 0.6 is 0 Å². The van der Waals surface area contributed by atoms with Gasteiger partial charge in [-0.3, -0.25) is 0 Å². The van der Waals surface area contributed by atoms with Crippen molar-refractivity contribution in [3.63, 3.8) is 0 Å². The fraction of sp³-hybridized carbons (Fsp3) is 0. The molecular formula is C21H14N4. The number of hydrogen-bond acceptors (Lipinski definition) is 3. The highest BCUT2D eigenvalue weighted by Crippen LogP contribution is 2.29. The van der Waals surface area contributed by atoms with Gasteiger partial charge in [0.15, 0.2) is 0 Å². The first-order valence-electron chi connectivity index (χ1n) is 8.16. The summed E-state index contributed by atoms with van der Waals surface area (Å²) in [5.74, 6) is 0. The lowest BCUT2D eigenvalue weighted by Crippen LogP contribution is -1.99. The van der Waals surface area contributed by atoms with E-state index in [9.17, 15) is 0 Å². The lowest BCUT2D eigenvalue weighted by molar-refractivity contribution is 0.813. The number of para-hydroxylation sites is 2. The molecule has 0 aliphatic heterocycles. The van der Waals surface area contributed by atoms with Gasteiger partial charge in [-0.1, -0.05) is 71.9 Å². The van der Waals surface area contributed by atoms with Gasteiger partial charge in [0.2, 0.25) is 0 Å². The van der Waals surface area contributed by atoms with E-state index in [1.165, 1.54) is 0 Å². The van der Waals surface area contributed by atoms with Crippen LogP contribution in [0.25, 0.3) is 38.8 Å². The number of fused-ring (bicyclic) bond motifs is 2. The molecule has 0 aliphatic rings. The lowest BCUT2D eigenvalue weighted by Gasteiger charge is -2.10. The Balaban J connectivity index is 1.81. The minimum absolute atomic E-state index is 0.852. The van der Waals surface area contributed by atoms with Gasteiger partial charge in [0, 0.05) is 16.3 Å². The third-order valence-electron chi connectivity index (χ3n) is 4.35. The second kappa shape index (κ2) is 5.53. The van der Waals surface area contributed by atoms with Gasteiger partial charge >= 0.3 is 0 Å². The van der Waals surface area contributed by atoms with Gasteiger partial charge in [-0.25, -0.2) is 9.67 Å². The molecule has 4 heteroatoms. The van der Waals surface area contributed by atoms with Gasteiger partial charge in [0.25, 0.3) is 0 Å². The molecule has 0 aliphatic carbocycles. The number of aromatic nitrogens is 4. The molecule has 0 radical (unpaired) electrons. The Bertz CT molecular complexity index is 1140. The summed E-state index contributed by atoms with van der Waals surface area (Å²) >= 11 is 0. The van der Waals surface area contributed by atoms with Crippen LogP contribution in [0, 0.1) is 0 Å². The third-order valence-corrected chi connectivity index (χ3v) is 4.35. The van der Waals surface area contributed by atoms with Crippen molar-refractivity contribution >= 4 is 21.8 Å². The van der Waals surface area contributed by atoms with E-state index in [-0.39, 0.29) is 0 Å². The highest BCUT2D eigenvalue weighted by molar-refractivity contribution is 6.02. The van der Waals surface area contributed by atoms with E-state index in [4.69, 9.17) is 4.98 Å². The lowest BCUT2D eigenvalue weighted by atomic mass is 10.1. The Morgan fingerprint density at radius 1 is 0.640 bits per heavy atom. The maximum absolute atomic E-state index is 4.77. The predicted molar refractivity (Wildman–Crippen MR) is 99.6 cm³/mol. The van der Waals surface area contributed by atoms with Gasteiger partial charge in [-0.2, -0.15) is 0 Å². The molecule has 0 atom stereocenters. The van der Waals surface area contributed by atoms with Crippen LogP contribution in [0.3, 0.4) is 0 Å². The number of nitrogens with zero attached hydrogens (tertiary/aromatic N) is 4. The number of benzene rings is 3. The van der Waals surface area contributed by atoms with Crippen molar-refractivity contribution in [1.29, 1.82) is 0 Å². The number of hydrogen-bond donors (Lipinski definition) is 0. The van der Waals surface area contributed by atoms with Crippen LogP contribution in [0.15, 0.2) is 85.1 Å². The van der Waals surface area contributed by atoms with Crippen LogP contribution in [-0.2, 0) is 0 Å². The molecule has 25 heavy (non-hydrogen) atoms. The van der Waals surface area contributed by atoms with Crippen molar-refractivity contribution in [3.8, 4) is 16.9 Å². The van der Waals surface area contributed by atoms with Crippen molar-refractivity contribution in [2.75, 3.05) is 0 Å². The Hall–Kier alpha value is -3.53. The SMILES string of the molecule is c1ccc(-c2cn(-c3c4ccccc4nc4ccccc34)nn2)cc1. The molecule has 0 fully saturated rings. The normalized spacial score (nSPS) is 11.2. The molecule has 3 aromatic carbocycles. The topological polar surface area (TPSA) is 43.6 Å². The van der Waals surface area contributed by atoms with E-state index < -0.39 is 0 Å². The number of pyridine rings is 1. The van der Waals surface area contributed by atoms with E-state index in [0.717, 1.165) is 38.8 Å². The van der Waals surface area contributed by atoms with E-state index in [1.54, 1.807) is 0 Å². The van der Waals surface area contributed by atoms with E-state index in [0.29, 0.717) is 0 Å². The number of rotatable bonds is 2. The summed E-state index contributed by atoms with van der Waals surface area (Å²) in [6.45, 7) is 0. The zero-order valence-corrected chi connectivity index (χ0v) is 13.4. The average Bonchev–Trinajstić information content (AvgIpc) is 3.16. The highest BCUT2D eigenvalue weighted by Gasteiger charge is 2.13. The van der Waals surface area contributed by atoms with Gasteiger partial charge in [-0.15, -0.1) is 5.10 Å². The molecule has 5 rings (SSSR count). The zero-order chi connectivity index (χ0) is 16.6. The monoisotopic (exact) mass is 322 g/mol. The summed E-state index contributed by atoms with van der Waals surface area (Å²) in [4.78, 5) is 4.77. The van der Waals surface area contributed by atoms with Crippen LogP contribution in [-0.4, -0.2) is 20.0 Å². The summed E-state index contributed by atoms with van der Waals surface area (Å²) < 4.78 is 1.86. The molecule has 0 unspecified atom stereocenters. The fourth-order valence-corrected chi connectivity index (χ4v) is 3.18. The van der Waals surface area contributed by atoms with Gasteiger partial charge in [0.05, 0.1) is 22.9 Å². The van der Waals surface area contributed by atoms with Gasteiger partial charge in [-0.05, 0) is 12.1 Å². The van der Waals surface area contributed by atoms with Crippen LogP contribution in [0.2, 0.25) is 0 Å². The average molecular weight is 322 g/mol. The van der Waals surface area contributed by atoms with Crippen molar-refractivity contribution in [2.24, 2.45) is 0 Å². The Morgan fingerprint density at radius 3 is 1.92 bits per heavy atom. The first-order chi connectivity index (χ1) is 12.4. The molecule has 2 aromatic heterocycles. The summed E-state index contributed by atoms with van der Waals surface area (Å²) in [6.07, 6.45) is 1.98. The summed E-state index contributed by atoms with van der Waals surface area (Å²) in [7, 11) is 0. The van der Waals surface area contributed by atoms with Crippen LogP contribution in [0.5, 0.6) is 0 Å². The molecule has 5 aromatic rings. The first-order valence-corrected chi connectivity index (χ1v) is 8.16. The summed E-state index contributed by atoms with van der Waals surface area (Å²) in [5.41, 5.74) is 4.82. The van der Waals surface area contributed by atoms with Crippen LogP contribution in [0.1, 0.15) is 0 Å². The van der Waals surface area contributed by atoms with Crippen LogP contribution in [0.4, 0.5) is 0 Å². The summed E-state index contributed by atoms with van der Waals surface area (Å²) in [5, 5.41) is 10.9.